The van der Waals surface area contributed by atoms with E-state index in [4.69, 9.17) is 0 Å². The van der Waals surface area contributed by atoms with Gasteiger partial charge in [-0.25, -0.2) is 8.42 Å². The van der Waals surface area contributed by atoms with Crippen molar-refractivity contribution >= 4 is 21.7 Å². The third kappa shape index (κ3) is 4.94. The Hall–Kier alpha value is -1.77. The summed E-state index contributed by atoms with van der Waals surface area (Å²) < 4.78 is 27.0. The molecule has 2 aliphatic rings. The molecule has 0 bridgehead atoms. The van der Waals surface area contributed by atoms with E-state index in [9.17, 15) is 18.0 Å². The minimum absolute atomic E-state index is 0.00512. The first-order chi connectivity index (χ1) is 12.8. The first-order valence-corrected chi connectivity index (χ1v) is 10.8. The number of hydrogen-bond donors (Lipinski definition) is 1. The van der Waals surface area contributed by atoms with Crippen molar-refractivity contribution in [2.45, 2.75) is 37.6 Å². The molecule has 1 heterocycles. The Morgan fingerprint density at radius 2 is 1.70 bits per heavy atom. The number of hydrogen-bond acceptors (Lipinski definition) is 5. The van der Waals surface area contributed by atoms with Crippen molar-refractivity contribution < 1.29 is 18.0 Å². The summed E-state index contributed by atoms with van der Waals surface area (Å²) in [5.74, 6) is 0.526. The summed E-state index contributed by atoms with van der Waals surface area (Å²) in [6, 6.07) is 6.25. The topological polar surface area (TPSA) is 86.8 Å². The highest BCUT2D eigenvalue weighted by molar-refractivity contribution is 7.89. The van der Waals surface area contributed by atoms with Gasteiger partial charge >= 0.3 is 0 Å². The number of sulfonamides is 1. The van der Waals surface area contributed by atoms with Crippen LogP contribution in [0.3, 0.4) is 0 Å². The Morgan fingerprint density at radius 1 is 1.11 bits per heavy atom. The molecule has 1 aliphatic heterocycles. The molecule has 148 valence electrons. The van der Waals surface area contributed by atoms with Crippen molar-refractivity contribution in [1.82, 2.24) is 14.5 Å². The number of carbonyl (C=O) groups is 2. The molecule has 0 radical (unpaired) electrons. The molecular weight excluding hydrogens is 366 g/mol. The SMILES string of the molecule is CC(=O)c1ccc(S(=O)(=O)N2CCN(CC(=O)NC(C)C3CC3)CC2)cc1. The number of Topliss-reactive ketones (excluding diaryl/α,β-unsaturated/α-hetero) is 1. The van der Waals surface area contributed by atoms with Gasteiger partial charge in [0.15, 0.2) is 5.78 Å². The number of amides is 1. The number of carbonyl (C=O) groups excluding carboxylic acids is 2. The lowest BCUT2D eigenvalue weighted by Gasteiger charge is -2.33. The smallest absolute Gasteiger partial charge is 0.243 e. The van der Waals surface area contributed by atoms with Crippen LogP contribution in [0, 0.1) is 5.92 Å². The number of rotatable bonds is 7. The van der Waals surface area contributed by atoms with Gasteiger partial charge in [0.2, 0.25) is 15.9 Å². The van der Waals surface area contributed by atoms with E-state index in [0.29, 0.717) is 44.2 Å². The molecule has 1 unspecified atom stereocenters. The van der Waals surface area contributed by atoms with Crippen LogP contribution in [0.1, 0.15) is 37.0 Å². The molecule has 7 nitrogen and oxygen atoms in total. The molecule has 8 heteroatoms. The van der Waals surface area contributed by atoms with Gasteiger partial charge in [0.1, 0.15) is 0 Å². The normalized spacial score (nSPS) is 20.2. The molecular formula is C19H27N3O4S. The first kappa shape index (κ1) is 20.0. The van der Waals surface area contributed by atoms with Crippen LogP contribution in [0.4, 0.5) is 0 Å². The molecule has 3 rings (SSSR count). The minimum atomic E-state index is -3.58. The van der Waals surface area contributed by atoms with Gasteiger partial charge in [-0.05, 0) is 44.7 Å². The van der Waals surface area contributed by atoms with Crippen LogP contribution in [0.2, 0.25) is 0 Å². The van der Waals surface area contributed by atoms with Crippen LogP contribution in [0.5, 0.6) is 0 Å². The van der Waals surface area contributed by atoms with Gasteiger partial charge in [0, 0.05) is 37.8 Å². The quantitative estimate of drug-likeness (QED) is 0.702. The second kappa shape index (κ2) is 8.08. The fraction of sp³-hybridized carbons (Fsp3) is 0.579. The highest BCUT2D eigenvalue weighted by atomic mass is 32.2. The summed E-state index contributed by atoms with van der Waals surface area (Å²) >= 11 is 0. The zero-order chi connectivity index (χ0) is 19.6. The number of nitrogens with one attached hydrogen (secondary N) is 1. The van der Waals surface area contributed by atoms with Crippen LogP contribution in [-0.4, -0.2) is 68.1 Å². The monoisotopic (exact) mass is 393 g/mol. The Labute approximate surface area is 160 Å². The van der Waals surface area contributed by atoms with Gasteiger partial charge < -0.3 is 5.32 Å². The maximum absolute atomic E-state index is 12.8. The summed E-state index contributed by atoms with van der Waals surface area (Å²) in [6.45, 7) is 5.54. The molecule has 1 atom stereocenters. The van der Waals surface area contributed by atoms with Gasteiger partial charge in [-0.2, -0.15) is 4.31 Å². The van der Waals surface area contributed by atoms with Crippen LogP contribution in [0.25, 0.3) is 0 Å². The predicted octanol–water partition coefficient (Wildman–Crippen LogP) is 1.11. The standard InChI is InChI=1S/C19H27N3O4S/c1-14(16-3-4-16)20-19(24)13-21-9-11-22(12-10-21)27(25,26)18-7-5-17(6-8-18)15(2)23/h5-8,14,16H,3-4,9-13H2,1-2H3,(H,20,24). The van der Waals surface area contributed by atoms with E-state index in [0.717, 1.165) is 0 Å². The minimum Gasteiger partial charge on any atom is -0.352 e. The molecule has 1 aliphatic carbocycles. The zero-order valence-corrected chi connectivity index (χ0v) is 16.7. The van der Waals surface area contributed by atoms with Gasteiger partial charge in [-0.15, -0.1) is 0 Å². The Morgan fingerprint density at radius 3 is 2.22 bits per heavy atom. The molecule has 1 amide bonds. The Bertz CT molecular complexity index is 795. The second-order valence-corrected chi connectivity index (χ2v) is 9.39. The summed E-state index contributed by atoms with van der Waals surface area (Å²) in [7, 11) is -3.58. The van der Waals surface area contributed by atoms with Crippen LogP contribution in [-0.2, 0) is 14.8 Å². The molecule has 2 fully saturated rings. The molecule has 1 aromatic carbocycles. The van der Waals surface area contributed by atoms with Crippen LogP contribution < -0.4 is 5.32 Å². The largest absolute Gasteiger partial charge is 0.352 e. The van der Waals surface area contributed by atoms with E-state index in [2.05, 4.69) is 5.32 Å². The fourth-order valence-electron chi connectivity index (χ4n) is 3.36. The number of nitrogens with zero attached hydrogens (tertiary/aromatic N) is 2. The van der Waals surface area contributed by atoms with E-state index in [1.165, 1.54) is 48.3 Å². The Kier molecular flexibility index (Phi) is 5.98. The molecule has 1 N–H and O–H groups in total. The summed E-state index contributed by atoms with van der Waals surface area (Å²) in [5.41, 5.74) is 0.491. The average Bonchev–Trinajstić information content (AvgIpc) is 3.47. The molecule has 1 aromatic rings. The van der Waals surface area contributed by atoms with Crippen LogP contribution in [0.15, 0.2) is 29.2 Å². The highest BCUT2D eigenvalue weighted by Gasteiger charge is 2.31. The summed E-state index contributed by atoms with van der Waals surface area (Å²) in [6.07, 6.45) is 2.37. The van der Waals surface area contributed by atoms with Crippen molar-refractivity contribution in [2.75, 3.05) is 32.7 Å². The average molecular weight is 394 g/mol. The van der Waals surface area contributed by atoms with Gasteiger partial charge in [-0.3, -0.25) is 14.5 Å². The molecule has 1 saturated carbocycles. The van der Waals surface area contributed by atoms with Crippen LogP contribution >= 0.6 is 0 Å². The van der Waals surface area contributed by atoms with E-state index < -0.39 is 10.0 Å². The van der Waals surface area contributed by atoms with Gasteiger partial charge in [0.25, 0.3) is 0 Å². The van der Waals surface area contributed by atoms with Crippen molar-refractivity contribution in [2.24, 2.45) is 5.92 Å². The van der Waals surface area contributed by atoms with E-state index in [1.54, 1.807) is 0 Å². The summed E-state index contributed by atoms with van der Waals surface area (Å²) in [5, 5.41) is 3.03. The lowest BCUT2D eigenvalue weighted by Crippen LogP contribution is -2.51. The predicted molar refractivity (Wildman–Crippen MR) is 102 cm³/mol. The van der Waals surface area contributed by atoms with Gasteiger partial charge in [-0.1, -0.05) is 12.1 Å². The zero-order valence-electron chi connectivity index (χ0n) is 15.8. The second-order valence-electron chi connectivity index (χ2n) is 7.45. The van der Waals surface area contributed by atoms with Gasteiger partial charge in [0.05, 0.1) is 11.4 Å². The number of piperazine rings is 1. The molecule has 1 saturated heterocycles. The molecule has 0 spiro atoms. The van der Waals surface area contributed by atoms with E-state index in [1.807, 2.05) is 11.8 Å². The van der Waals surface area contributed by atoms with Crippen molar-refractivity contribution in [3.05, 3.63) is 29.8 Å². The van der Waals surface area contributed by atoms with Crippen molar-refractivity contribution in [3.63, 3.8) is 0 Å². The van der Waals surface area contributed by atoms with E-state index in [-0.39, 0.29) is 22.6 Å². The molecule has 0 aromatic heterocycles. The summed E-state index contributed by atoms with van der Waals surface area (Å²) in [4.78, 5) is 25.6. The lowest BCUT2D eigenvalue weighted by molar-refractivity contribution is -0.123. The fourth-order valence-corrected chi connectivity index (χ4v) is 4.78. The highest BCUT2D eigenvalue weighted by Crippen LogP contribution is 2.32. The maximum Gasteiger partial charge on any atom is 0.243 e. The number of benzene rings is 1. The maximum atomic E-state index is 12.8. The third-order valence-corrected chi connectivity index (χ3v) is 7.23. The van der Waals surface area contributed by atoms with Crippen molar-refractivity contribution in [1.29, 1.82) is 0 Å². The Balaban J connectivity index is 1.52. The van der Waals surface area contributed by atoms with Crippen molar-refractivity contribution in [3.8, 4) is 0 Å². The third-order valence-electron chi connectivity index (χ3n) is 5.31. The molecule has 27 heavy (non-hydrogen) atoms. The lowest BCUT2D eigenvalue weighted by atomic mass is 10.2. The number of ketones is 1. The van der Waals surface area contributed by atoms with E-state index >= 15 is 0 Å². The first-order valence-electron chi connectivity index (χ1n) is 9.40.